The molecule has 152 valence electrons. The molecule has 0 saturated carbocycles. The van der Waals surface area contributed by atoms with Crippen LogP contribution in [0.5, 0.6) is 0 Å². The lowest BCUT2D eigenvalue weighted by molar-refractivity contribution is 0.0907. The SMILES string of the molecule is COCC(C)NC(=O)c1cnn2ccc(N3CCC[C@@H]3c3cncc(F)c3)nc12. The Morgan fingerprint density at radius 1 is 1.41 bits per heavy atom. The number of methoxy groups -OCH3 is 1. The highest BCUT2D eigenvalue weighted by atomic mass is 19.1. The number of pyridine rings is 1. The molecule has 0 radical (unpaired) electrons. The standard InChI is InChI=1S/C20H23FN6O2/c1-13(12-29-2)24-20(28)16-11-23-27-7-5-18(25-19(16)27)26-6-3-4-17(26)14-8-15(21)10-22-9-14/h5,7-11,13,17H,3-4,6,12H2,1-2H3,(H,24,28)/t13?,17-/m1/s1. The first-order valence-electron chi connectivity index (χ1n) is 9.58. The highest BCUT2D eigenvalue weighted by Crippen LogP contribution is 2.35. The van der Waals surface area contributed by atoms with Gasteiger partial charge in [-0.3, -0.25) is 9.78 Å². The van der Waals surface area contributed by atoms with Crippen molar-refractivity contribution in [2.45, 2.75) is 31.8 Å². The molecule has 29 heavy (non-hydrogen) atoms. The van der Waals surface area contributed by atoms with Gasteiger partial charge in [-0.1, -0.05) is 0 Å². The Hall–Kier alpha value is -3.07. The number of ether oxygens (including phenoxy) is 1. The van der Waals surface area contributed by atoms with Gasteiger partial charge in [0.2, 0.25) is 0 Å². The minimum Gasteiger partial charge on any atom is -0.383 e. The average Bonchev–Trinajstić information content (AvgIpc) is 3.34. The molecule has 1 aliphatic rings. The number of aromatic nitrogens is 4. The van der Waals surface area contributed by atoms with Gasteiger partial charge in [0, 0.05) is 32.1 Å². The van der Waals surface area contributed by atoms with Crippen LogP contribution in [0.3, 0.4) is 0 Å². The summed E-state index contributed by atoms with van der Waals surface area (Å²) in [5.74, 6) is 0.128. The Bertz CT molecular complexity index is 1020. The third-order valence-electron chi connectivity index (χ3n) is 5.05. The van der Waals surface area contributed by atoms with Gasteiger partial charge in [-0.05, 0) is 37.5 Å². The van der Waals surface area contributed by atoms with Gasteiger partial charge in [-0.25, -0.2) is 13.9 Å². The minimum atomic E-state index is -0.349. The molecule has 4 rings (SSSR count). The fraction of sp³-hybridized carbons (Fsp3) is 0.400. The molecule has 0 aromatic carbocycles. The number of hydrogen-bond acceptors (Lipinski definition) is 6. The Kier molecular flexibility index (Phi) is 5.39. The first kappa shape index (κ1) is 19.3. The molecule has 1 fully saturated rings. The van der Waals surface area contributed by atoms with Crippen LogP contribution in [0.15, 0.2) is 36.9 Å². The van der Waals surface area contributed by atoms with E-state index in [0.717, 1.165) is 30.8 Å². The van der Waals surface area contributed by atoms with Crippen molar-refractivity contribution in [3.8, 4) is 0 Å². The number of carbonyl (C=O) groups is 1. The molecule has 1 amide bonds. The lowest BCUT2D eigenvalue weighted by Crippen LogP contribution is -2.35. The van der Waals surface area contributed by atoms with Crippen molar-refractivity contribution < 1.29 is 13.9 Å². The number of nitrogens with one attached hydrogen (secondary N) is 1. The first-order valence-corrected chi connectivity index (χ1v) is 9.58. The van der Waals surface area contributed by atoms with Gasteiger partial charge >= 0.3 is 0 Å². The highest BCUT2D eigenvalue weighted by molar-refractivity contribution is 5.99. The summed E-state index contributed by atoms with van der Waals surface area (Å²) in [5.41, 5.74) is 1.70. The van der Waals surface area contributed by atoms with E-state index in [9.17, 15) is 9.18 Å². The third-order valence-corrected chi connectivity index (χ3v) is 5.05. The molecule has 2 atom stereocenters. The van der Waals surface area contributed by atoms with Crippen LogP contribution < -0.4 is 10.2 Å². The predicted octanol–water partition coefficient (Wildman–Crippen LogP) is 2.37. The second kappa shape index (κ2) is 8.12. The molecule has 1 unspecified atom stereocenters. The van der Waals surface area contributed by atoms with Gasteiger partial charge in [0.05, 0.1) is 25.0 Å². The van der Waals surface area contributed by atoms with Crippen molar-refractivity contribution in [3.05, 3.63) is 53.9 Å². The molecule has 0 aliphatic carbocycles. The van der Waals surface area contributed by atoms with Gasteiger partial charge < -0.3 is 15.0 Å². The summed E-state index contributed by atoms with van der Waals surface area (Å²) >= 11 is 0. The molecule has 0 spiro atoms. The molecule has 1 N–H and O–H groups in total. The number of carbonyl (C=O) groups excluding carboxylic acids is 1. The second-order valence-corrected chi connectivity index (χ2v) is 7.23. The monoisotopic (exact) mass is 398 g/mol. The molecule has 4 heterocycles. The minimum absolute atomic E-state index is 0.00456. The van der Waals surface area contributed by atoms with E-state index < -0.39 is 0 Å². The van der Waals surface area contributed by atoms with Crippen LogP contribution in [0.1, 0.15) is 41.7 Å². The van der Waals surface area contributed by atoms with Crippen LogP contribution in [-0.4, -0.2) is 51.8 Å². The van der Waals surface area contributed by atoms with Gasteiger partial charge in [-0.15, -0.1) is 0 Å². The lowest BCUT2D eigenvalue weighted by Gasteiger charge is -2.26. The van der Waals surface area contributed by atoms with Crippen LogP contribution in [-0.2, 0) is 4.74 Å². The van der Waals surface area contributed by atoms with E-state index in [1.165, 1.54) is 18.5 Å². The normalized spacial score (nSPS) is 17.6. The quantitative estimate of drug-likeness (QED) is 0.686. The van der Waals surface area contributed by atoms with E-state index >= 15 is 0 Å². The van der Waals surface area contributed by atoms with E-state index in [-0.39, 0.29) is 23.8 Å². The Morgan fingerprint density at radius 3 is 3.07 bits per heavy atom. The van der Waals surface area contributed by atoms with Crippen molar-refractivity contribution >= 4 is 17.4 Å². The van der Waals surface area contributed by atoms with E-state index in [0.29, 0.717) is 17.8 Å². The average molecular weight is 398 g/mol. The third kappa shape index (κ3) is 3.91. The summed E-state index contributed by atoms with van der Waals surface area (Å²) in [6.07, 6.45) is 8.05. The highest BCUT2D eigenvalue weighted by Gasteiger charge is 2.28. The number of halogens is 1. The fourth-order valence-corrected chi connectivity index (χ4v) is 3.77. The summed E-state index contributed by atoms with van der Waals surface area (Å²) < 4.78 is 20.3. The predicted molar refractivity (Wildman–Crippen MR) is 105 cm³/mol. The maximum absolute atomic E-state index is 13.7. The molecule has 1 aliphatic heterocycles. The van der Waals surface area contributed by atoms with Crippen LogP contribution in [0.4, 0.5) is 10.2 Å². The fourth-order valence-electron chi connectivity index (χ4n) is 3.77. The summed E-state index contributed by atoms with van der Waals surface area (Å²) in [5, 5.41) is 7.12. The number of fused-ring (bicyclic) bond motifs is 1. The first-order chi connectivity index (χ1) is 14.1. The maximum atomic E-state index is 13.7. The van der Waals surface area contributed by atoms with Crippen molar-refractivity contribution in [1.29, 1.82) is 0 Å². The van der Waals surface area contributed by atoms with E-state index in [4.69, 9.17) is 9.72 Å². The van der Waals surface area contributed by atoms with Crippen LogP contribution >= 0.6 is 0 Å². The molecule has 1 saturated heterocycles. The van der Waals surface area contributed by atoms with Crippen molar-refractivity contribution in [2.24, 2.45) is 0 Å². The number of anilines is 1. The zero-order valence-corrected chi connectivity index (χ0v) is 16.4. The van der Waals surface area contributed by atoms with Gasteiger partial charge in [0.15, 0.2) is 5.65 Å². The van der Waals surface area contributed by atoms with Gasteiger partial charge in [-0.2, -0.15) is 5.10 Å². The molecule has 8 nitrogen and oxygen atoms in total. The molecule has 0 bridgehead atoms. The lowest BCUT2D eigenvalue weighted by atomic mass is 10.1. The molecule has 3 aromatic heterocycles. The smallest absolute Gasteiger partial charge is 0.257 e. The summed E-state index contributed by atoms with van der Waals surface area (Å²) in [4.78, 5) is 23.5. The number of nitrogens with zero attached hydrogens (tertiary/aromatic N) is 5. The molecule has 9 heteroatoms. The van der Waals surface area contributed by atoms with Gasteiger partial charge in [0.1, 0.15) is 17.2 Å². The maximum Gasteiger partial charge on any atom is 0.257 e. The number of amides is 1. The molecular weight excluding hydrogens is 375 g/mol. The van der Waals surface area contributed by atoms with Crippen LogP contribution in [0.25, 0.3) is 5.65 Å². The zero-order valence-electron chi connectivity index (χ0n) is 16.4. The van der Waals surface area contributed by atoms with E-state index in [2.05, 4.69) is 20.3 Å². The Labute approximate surface area is 167 Å². The van der Waals surface area contributed by atoms with Crippen molar-refractivity contribution in [2.75, 3.05) is 25.2 Å². The Morgan fingerprint density at radius 2 is 2.28 bits per heavy atom. The zero-order chi connectivity index (χ0) is 20.4. The van der Waals surface area contributed by atoms with Crippen molar-refractivity contribution in [3.63, 3.8) is 0 Å². The van der Waals surface area contributed by atoms with Crippen molar-refractivity contribution in [1.82, 2.24) is 24.9 Å². The van der Waals surface area contributed by atoms with E-state index in [1.54, 1.807) is 24.0 Å². The topological polar surface area (TPSA) is 84.6 Å². The van der Waals surface area contributed by atoms with Gasteiger partial charge in [0.25, 0.3) is 5.91 Å². The summed E-state index contributed by atoms with van der Waals surface area (Å²) in [6.45, 7) is 3.08. The van der Waals surface area contributed by atoms with Crippen LogP contribution in [0, 0.1) is 5.82 Å². The van der Waals surface area contributed by atoms with Crippen LogP contribution in [0.2, 0.25) is 0 Å². The molecular formula is C20H23FN6O2. The number of rotatable bonds is 6. The largest absolute Gasteiger partial charge is 0.383 e. The number of hydrogen-bond donors (Lipinski definition) is 1. The molecule has 3 aromatic rings. The summed E-state index contributed by atoms with van der Waals surface area (Å²) in [6, 6.07) is 3.24. The summed E-state index contributed by atoms with van der Waals surface area (Å²) in [7, 11) is 1.59. The van der Waals surface area contributed by atoms with E-state index in [1.807, 2.05) is 13.0 Å². The Balaban J connectivity index is 1.64. The second-order valence-electron chi connectivity index (χ2n) is 7.23.